The average Bonchev–Trinajstić information content (AvgIpc) is 3.35. The van der Waals surface area contributed by atoms with Crippen LogP contribution in [-0.2, 0) is 0 Å². The molecule has 1 aliphatic heterocycles. The standard InChI is InChI=1S/C19H18FN3O3/c1-11-18(12(2)25-21-11)16-8-5-9-23(16)19(24)17-10-15(22-26-17)13-6-3-4-7-14(13)20/h3-4,6-7,10,16H,5,8-9H2,1-2H3. The van der Waals surface area contributed by atoms with Gasteiger partial charge < -0.3 is 13.9 Å². The quantitative estimate of drug-likeness (QED) is 0.708. The summed E-state index contributed by atoms with van der Waals surface area (Å²) in [7, 11) is 0. The van der Waals surface area contributed by atoms with E-state index in [0.717, 1.165) is 29.9 Å². The van der Waals surface area contributed by atoms with Crippen molar-refractivity contribution in [1.29, 1.82) is 0 Å². The van der Waals surface area contributed by atoms with Crippen LogP contribution in [-0.4, -0.2) is 27.7 Å². The van der Waals surface area contributed by atoms with Gasteiger partial charge in [0.25, 0.3) is 5.91 Å². The Morgan fingerprint density at radius 1 is 1.23 bits per heavy atom. The SMILES string of the molecule is Cc1noc(C)c1C1CCCN1C(=O)c1cc(-c2ccccc2F)no1. The van der Waals surface area contributed by atoms with E-state index in [1.165, 1.54) is 12.1 Å². The molecule has 1 aromatic carbocycles. The van der Waals surface area contributed by atoms with Gasteiger partial charge in [-0.15, -0.1) is 0 Å². The van der Waals surface area contributed by atoms with Crippen LogP contribution < -0.4 is 0 Å². The third-order valence-electron chi connectivity index (χ3n) is 4.81. The van der Waals surface area contributed by atoms with Gasteiger partial charge in [0.1, 0.15) is 17.3 Å². The van der Waals surface area contributed by atoms with E-state index in [1.807, 2.05) is 13.8 Å². The molecule has 0 N–H and O–H groups in total. The second-order valence-electron chi connectivity index (χ2n) is 6.45. The Morgan fingerprint density at radius 2 is 2.04 bits per heavy atom. The third-order valence-corrected chi connectivity index (χ3v) is 4.81. The Hall–Kier alpha value is -2.96. The Morgan fingerprint density at radius 3 is 2.77 bits per heavy atom. The number of hydrogen-bond acceptors (Lipinski definition) is 5. The lowest BCUT2D eigenvalue weighted by Gasteiger charge is -2.23. The molecule has 2 aromatic heterocycles. The largest absolute Gasteiger partial charge is 0.361 e. The highest BCUT2D eigenvalue weighted by Gasteiger charge is 2.35. The molecule has 0 saturated carbocycles. The van der Waals surface area contributed by atoms with Crippen LogP contribution in [0, 0.1) is 19.7 Å². The van der Waals surface area contributed by atoms with Crippen molar-refractivity contribution in [3.05, 3.63) is 58.9 Å². The number of carbonyl (C=O) groups is 1. The van der Waals surface area contributed by atoms with Crippen LogP contribution in [0.4, 0.5) is 4.39 Å². The molecular formula is C19H18FN3O3. The first-order valence-corrected chi connectivity index (χ1v) is 8.51. The van der Waals surface area contributed by atoms with Crippen molar-refractivity contribution in [2.24, 2.45) is 0 Å². The van der Waals surface area contributed by atoms with Crippen LogP contribution >= 0.6 is 0 Å². The summed E-state index contributed by atoms with van der Waals surface area (Å²) in [5, 5.41) is 7.86. The number of carbonyl (C=O) groups excluding carboxylic acids is 1. The summed E-state index contributed by atoms with van der Waals surface area (Å²) in [4.78, 5) is 14.7. The molecule has 1 atom stereocenters. The number of hydrogen-bond donors (Lipinski definition) is 0. The minimum Gasteiger partial charge on any atom is -0.361 e. The third kappa shape index (κ3) is 2.69. The van der Waals surface area contributed by atoms with E-state index in [0.29, 0.717) is 17.8 Å². The van der Waals surface area contributed by atoms with E-state index >= 15 is 0 Å². The maximum absolute atomic E-state index is 13.9. The van der Waals surface area contributed by atoms with E-state index in [9.17, 15) is 9.18 Å². The summed E-state index contributed by atoms with van der Waals surface area (Å²) in [6, 6.07) is 7.65. The predicted octanol–water partition coefficient (Wildman–Crippen LogP) is 4.06. The van der Waals surface area contributed by atoms with E-state index in [2.05, 4.69) is 10.3 Å². The first-order valence-electron chi connectivity index (χ1n) is 8.51. The maximum atomic E-state index is 13.9. The smallest absolute Gasteiger partial charge is 0.293 e. The molecule has 1 amide bonds. The molecule has 1 unspecified atom stereocenters. The van der Waals surface area contributed by atoms with Crippen molar-refractivity contribution in [3.63, 3.8) is 0 Å². The zero-order chi connectivity index (χ0) is 18.3. The van der Waals surface area contributed by atoms with Gasteiger partial charge >= 0.3 is 0 Å². The molecule has 0 aliphatic carbocycles. The van der Waals surface area contributed by atoms with Gasteiger partial charge in [0.15, 0.2) is 0 Å². The van der Waals surface area contributed by atoms with E-state index in [4.69, 9.17) is 9.05 Å². The van der Waals surface area contributed by atoms with Crippen LogP contribution in [0.5, 0.6) is 0 Å². The highest BCUT2D eigenvalue weighted by molar-refractivity contribution is 5.93. The molecule has 3 aromatic rings. The molecule has 0 spiro atoms. The Kier molecular flexibility index (Phi) is 4.06. The summed E-state index contributed by atoms with van der Waals surface area (Å²) in [6.07, 6.45) is 1.72. The molecule has 3 heterocycles. The molecule has 26 heavy (non-hydrogen) atoms. The maximum Gasteiger partial charge on any atom is 0.293 e. The number of nitrogens with zero attached hydrogens (tertiary/aromatic N) is 3. The van der Waals surface area contributed by atoms with Crippen molar-refractivity contribution < 1.29 is 18.2 Å². The molecule has 1 fully saturated rings. The highest BCUT2D eigenvalue weighted by atomic mass is 19.1. The number of amides is 1. The zero-order valence-corrected chi connectivity index (χ0v) is 14.5. The van der Waals surface area contributed by atoms with Gasteiger partial charge in [-0.25, -0.2) is 4.39 Å². The normalized spacial score (nSPS) is 17.0. The van der Waals surface area contributed by atoms with Crippen LogP contribution in [0.25, 0.3) is 11.3 Å². The summed E-state index contributed by atoms with van der Waals surface area (Å²) in [5.41, 5.74) is 2.35. The molecule has 0 radical (unpaired) electrons. The monoisotopic (exact) mass is 355 g/mol. The molecule has 6 nitrogen and oxygen atoms in total. The number of aromatic nitrogens is 2. The van der Waals surface area contributed by atoms with Crippen LogP contribution in [0.2, 0.25) is 0 Å². The Bertz CT molecular complexity index is 943. The number of rotatable bonds is 3. The van der Waals surface area contributed by atoms with Gasteiger partial charge in [-0.1, -0.05) is 22.4 Å². The molecule has 134 valence electrons. The lowest BCUT2D eigenvalue weighted by molar-refractivity contribution is 0.0692. The highest BCUT2D eigenvalue weighted by Crippen LogP contribution is 2.36. The van der Waals surface area contributed by atoms with E-state index < -0.39 is 5.82 Å². The first-order chi connectivity index (χ1) is 12.6. The van der Waals surface area contributed by atoms with Gasteiger partial charge in [0.05, 0.1) is 11.7 Å². The predicted molar refractivity (Wildman–Crippen MR) is 90.9 cm³/mol. The van der Waals surface area contributed by atoms with Crippen LogP contribution in [0.15, 0.2) is 39.4 Å². The van der Waals surface area contributed by atoms with Crippen molar-refractivity contribution in [3.8, 4) is 11.3 Å². The van der Waals surface area contributed by atoms with Crippen molar-refractivity contribution in [1.82, 2.24) is 15.2 Å². The fraction of sp³-hybridized carbons (Fsp3) is 0.316. The van der Waals surface area contributed by atoms with Crippen molar-refractivity contribution in [2.75, 3.05) is 6.54 Å². The number of halogens is 1. The lowest BCUT2D eigenvalue weighted by Crippen LogP contribution is -2.30. The van der Waals surface area contributed by atoms with Gasteiger partial charge in [0, 0.05) is 23.7 Å². The molecule has 1 saturated heterocycles. The number of aryl methyl sites for hydroxylation is 2. The minimum absolute atomic E-state index is 0.0990. The Balaban J connectivity index is 1.63. The second kappa shape index (κ2) is 6.40. The molecule has 4 rings (SSSR count). The van der Waals surface area contributed by atoms with Crippen molar-refractivity contribution in [2.45, 2.75) is 32.7 Å². The fourth-order valence-corrected chi connectivity index (χ4v) is 3.59. The minimum atomic E-state index is -0.408. The molecule has 7 heteroatoms. The fourth-order valence-electron chi connectivity index (χ4n) is 3.59. The molecule has 1 aliphatic rings. The van der Waals surface area contributed by atoms with Gasteiger partial charge in [-0.2, -0.15) is 0 Å². The van der Waals surface area contributed by atoms with Gasteiger partial charge in [-0.3, -0.25) is 4.79 Å². The number of benzene rings is 1. The van der Waals surface area contributed by atoms with E-state index in [-0.39, 0.29) is 17.7 Å². The lowest BCUT2D eigenvalue weighted by atomic mass is 10.0. The summed E-state index contributed by atoms with van der Waals surface area (Å²) < 4.78 is 24.4. The first kappa shape index (κ1) is 16.5. The zero-order valence-electron chi connectivity index (χ0n) is 14.5. The van der Waals surface area contributed by atoms with Gasteiger partial charge in [0.2, 0.25) is 5.76 Å². The average molecular weight is 355 g/mol. The van der Waals surface area contributed by atoms with Crippen LogP contribution in [0.3, 0.4) is 0 Å². The second-order valence-corrected chi connectivity index (χ2v) is 6.45. The summed E-state index contributed by atoms with van der Waals surface area (Å²) in [5.74, 6) is 0.149. The molecule has 0 bridgehead atoms. The summed E-state index contributed by atoms with van der Waals surface area (Å²) >= 11 is 0. The topological polar surface area (TPSA) is 72.4 Å². The molecular weight excluding hydrogens is 337 g/mol. The van der Waals surface area contributed by atoms with Gasteiger partial charge in [-0.05, 0) is 38.8 Å². The van der Waals surface area contributed by atoms with E-state index in [1.54, 1.807) is 23.1 Å². The van der Waals surface area contributed by atoms with Crippen molar-refractivity contribution >= 4 is 5.91 Å². The Labute approximate surface area is 149 Å². The van der Waals surface area contributed by atoms with Crippen LogP contribution in [0.1, 0.15) is 46.5 Å². The summed E-state index contributed by atoms with van der Waals surface area (Å²) in [6.45, 7) is 4.34. The number of likely N-dealkylation sites (tertiary alicyclic amines) is 1.